The summed E-state index contributed by atoms with van der Waals surface area (Å²) in [5.74, 6) is 0.229. The van der Waals surface area contributed by atoms with Gasteiger partial charge >= 0.3 is 0 Å². The summed E-state index contributed by atoms with van der Waals surface area (Å²) in [5.41, 5.74) is 0. The van der Waals surface area contributed by atoms with E-state index in [0.29, 0.717) is 13.1 Å². The van der Waals surface area contributed by atoms with Gasteiger partial charge in [-0.05, 0) is 20.0 Å². The molecule has 1 unspecified atom stereocenters. The lowest BCUT2D eigenvalue weighted by Gasteiger charge is -2.45. The Morgan fingerprint density at radius 2 is 2.25 bits per heavy atom. The van der Waals surface area contributed by atoms with Gasteiger partial charge in [-0.25, -0.2) is 0 Å². The quantitative estimate of drug-likeness (QED) is 0.516. The van der Waals surface area contributed by atoms with Gasteiger partial charge in [0.15, 0.2) is 0 Å². The molecule has 48 valence electrons. The molecule has 1 heterocycles. The summed E-state index contributed by atoms with van der Waals surface area (Å²) in [7, 11) is 0. The third-order valence-electron chi connectivity index (χ3n) is 1.56. The Bertz CT molecular complexity index is 78.5. The molecule has 0 saturated carbocycles. The van der Waals surface area contributed by atoms with Crippen molar-refractivity contribution in [2.45, 2.75) is 13.0 Å². The van der Waals surface area contributed by atoms with E-state index in [2.05, 4.69) is 0 Å². The molecule has 0 aliphatic carbocycles. The summed E-state index contributed by atoms with van der Waals surface area (Å²) in [5, 5.41) is 20.0. The molecular formula is C5H10NO2-. The number of hydroxylamine groups is 2. The topological polar surface area (TPSA) is 46.5 Å². The molecule has 3 nitrogen and oxygen atoms in total. The largest absolute Gasteiger partial charge is 0.785 e. The first-order valence-corrected chi connectivity index (χ1v) is 2.80. The van der Waals surface area contributed by atoms with E-state index in [1.165, 1.54) is 0 Å². The van der Waals surface area contributed by atoms with Crippen LogP contribution in [0.1, 0.15) is 6.92 Å². The number of hydrogen-bond donors (Lipinski definition) is 1. The number of rotatable bonds is 1. The zero-order valence-corrected chi connectivity index (χ0v) is 4.87. The van der Waals surface area contributed by atoms with Crippen LogP contribution in [0.25, 0.3) is 0 Å². The Balaban J connectivity index is 2.15. The molecule has 0 aromatic heterocycles. The Morgan fingerprint density at radius 1 is 1.75 bits per heavy atom. The minimum absolute atomic E-state index is 0.229. The van der Waals surface area contributed by atoms with Gasteiger partial charge in [-0.15, -0.1) is 0 Å². The van der Waals surface area contributed by atoms with E-state index in [-0.39, 0.29) is 12.0 Å². The van der Waals surface area contributed by atoms with E-state index in [1.54, 1.807) is 6.92 Å². The van der Waals surface area contributed by atoms with Crippen molar-refractivity contribution in [3.8, 4) is 0 Å². The fraction of sp³-hybridized carbons (Fsp3) is 1.00. The highest BCUT2D eigenvalue weighted by Crippen LogP contribution is 2.16. The molecule has 0 bridgehead atoms. The second-order valence-electron chi connectivity index (χ2n) is 2.35. The number of aliphatic hydroxyl groups excluding tert-OH is 1. The third kappa shape index (κ3) is 0.992. The average molecular weight is 116 g/mol. The highest BCUT2D eigenvalue weighted by Gasteiger charge is 2.23. The van der Waals surface area contributed by atoms with Gasteiger partial charge in [0, 0.05) is 5.92 Å². The van der Waals surface area contributed by atoms with Crippen molar-refractivity contribution < 1.29 is 5.11 Å². The molecule has 0 radical (unpaired) electrons. The van der Waals surface area contributed by atoms with Gasteiger partial charge in [-0.2, -0.15) is 0 Å². The Labute approximate surface area is 48.5 Å². The number of hydrogen-bond acceptors (Lipinski definition) is 3. The molecular weight excluding hydrogens is 106 g/mol. The summed E-state index contributed by atoms with van der Waals surface area (Å²) in [6.07, 6.45) is -0.305. The van der Waals surface area contributed by atoms with E-state index in [1.807, 2.05) is 0 Å². The van der Waals surface area contributed by atoms with Crippen molar-refractivity contribution in [3.63, 3.8) is 0 Å². The van der Waals surface area contributed by atoms with Crippen LogP contribution in [0, 0.1) is 11.1 Å². The maximum Gasteiger partial charge on any atom is 0.0564 e. The van der Waals surface area contributed by atoms with E-state index < -0.39 is 0 Å². The van der Waals surface area contributed by atoms with Crippen LogP contribution in [0.4, 0.5) is 0 Å². The van der Waals surface area contributed by atoms with Crippen molar-refractivity contribution in [1.82, 2.24) is 5.06 Å². The normalized spacial score (nSPS) is 27.4. The predicted octanol–water partition coefficient (Wildman–Crippen LogP) is -0.203. The third-order valence-corrected chi connectivity index (χ3v) is 1.56. The first-order valence-electron chi connectivity index (χ1n) is 2.80. The molecule has 0 amide bonds. The van der Waals surface area contributed by atoms with Crippen LogP contribution in [0.15, 0.2) is 0 Å². The fourth-order valence-corrected chi connectivity index (χ4v) is 0.775. The fourth-order valence-electron chi connectivity index (χ4n) is 0.775. The Morgan fingerprint density at radius 3 is 2.38 bits per heavy atom. The summed E-state index contributed by atoms with van der Waals surface area (Å²) in [6, 6.07) is 0. The Kier molecular flexibility index (Phi) is 1.51. The summed E-state index contributed by atoms with van der Waals surface area (Å²) < 4.78 is 0. The molecule has 1 N–H and O–H groups in total. The van der Waals surface area contributed by atoms with Crippen LogP contribution < -0.4 is 0 Å². The van der Waals surface area contributed by atoms with Gasteiger partial charge < -0.3 is 15.4 Å². The standard InChI is InChI=1S/C5H10NO2/c1-4(7)5-2-6(8)3-5/h4-5,7H,2-3H2,1H3/q-1. The molecule has 1 atom stereocenters. The first kappa shape index (κ1) is 6.01. The van der Waals surface area contributed by atoms with Gasteiger partial charge in [0.2, 0.25) is 0 Å². The van der Waals surface area contributed by atoms with Crippen molar-refractivity contribution in [2.24, 2.45) is 5.92 Å². The van der Waals surface area contributed by atoms with Gasteiger partial charge in [0.1, 0.15) is 0 Å². The summed E-state index contributed by atoms with van der Waals surface area (Å²) >= 11 is 0. The van der Waals surface area contributed by atoms with E-state index >= 15 is 0 Å². The molecule has 1 aliphatic heterocycles. The van der Waals surface area contributed by atoms with Crippen molar-refractivity contribution in [2.75, 3.05) is 13.1 Å². The summed E-state index contributed by atoms with van der Waals surface area (Å²) in [6.45, 7) is 2.74. The highest BCUT2D eigenvalue weighted by atomic mass is 16.5. The number of aliphatic hydroxyl groups is 1. The molecule has 0 aromatic carbocycles. The zero-order valence-electron chi connectivity index (χ0n) is 4.87. The lowest BCUT2D eigenvalue weighted by molar-refractivity contribution is 0.0325. The average Bonchev–Trinajstić information content (AvgIpc) is 1.57. The summed E-state index contributed by atoms with van der Waals surface area (Å²) in [4.78, 5) is 0. The van der Waals surface area contributed by atoms with Crippen LogP contribution >= 0.6 is 0 Å². The smallest absolute Gasteiger partial charge is 0.0564 e. The Hall–Kier alpha value is -0.120. The molecule has 0 spiro atoms. The molecule has 1 saturated heterocycles. The van der Waals surface area contributed by atoms with E-state index in [9.17, 15) is 5.21 Å². The van der Waals surface area contributed by atoms with E-state index in [4.69, 9.17) is 5.11 Å². The molecule has 0 aromatic rings. The van der Waals surface area contributed by atoms with Crippen molar-refractivity contribution >= 4 is 0 Å². The predicted molar refractivity (Wildman–Crippen MR) is 30.1 cm³/mol. The van der Waals surface area contributed by atoms with Crippen LogP contribution in [0.2, 0.25) is 0 Å². The second-order valence-corrected chi connectivity index (χ2v) is 2.35. The lowest BCUT2D eigenvalue weighted by atomic mass is 9.97. The monoisotopic (exact) mass is 116 g/mol. The molecule has 8 heavy (non-hydrogen) atoms. The van der Waals surface area contributed by atoms with Crippen molar-refractivity contribution in [1.29, 1.82) is 0 Å². The van der Waals surface area contributed by atoms with Gasteiger partial charge in [-0.3, -0.25) is 0 Å². The lowest BCUT2D eigenvalue weighted by Crippen LogP contribution is -2.47. The highest BCUT2D eigenvalue weighted by molar-refractivity contribution is 4.82. The minimum atomic E-state index is -0.305. The minimum Gasteiger partial charge on any atom is -0.785 e. The van der Waals surface area contributed by atoms with Crippen LogP contribution in [-0.2, 0) is 0 Å². The van der Waals surface area contributed by atoms with E-state index in [0.717, 1.165) is 5.06 Å². The van der Waals surface area contributed by atoms with Gasteiger partial charge in [0.05, 0.1) is 6.10 Å². The molecule has 1 rings (SSSR count). The maximum atomic E-state index is 10.2. The van der Waals surface area contributed by atoms with Gasteiger partial charge in [-0.1, -0.05) is 0 Å². The first-order chi connectivity index (χ1) is 3.70. The molecule has 1 aliphatic rings. The SMILES string of the molecule is CC(O)C1CN([O-])C1. The second kappa shape index (κ2) is 2.01. The molecule has 3 heteroatoms. The van der Waals surface area contributed by atoms with Crippen LogP contribution in [-0.4, -0.2) is 29.4 Å². The maximum absolute atomic E-state index is 10.2. The van der Waals surface area contributed by atoms with Gasteiger partial charge in [0.25, 0.3) is 0 Å². The van der Waals surface area contributed by atoms with Crippen LogP contribution in [0.3, 0.4) is 0 Å². The van der Waals surface area contributed by atoms with Crippen LogP contribution in [0.5, 0.6) is 0 Å². The molecule has 1 fully saturated rings. The number of nitrogens with zero attached hydrogens (tertiary/aromatic N) is 1. The van der Waals surface area contributed by atoms with Crippen molar-refractivity contribution in [3.05, 3.63) is 5.21 Å². The zero-order chi connectivity index (χ0) is 6.15.